The van der Waals surface area contributed by atoms with E-state index in [1.54, 1.807) is 0 Å². The van der Waals surface area contributed by atoms with Crippen LogP contribution < -0.4 is 4.90 Å². The lowest BCUT2D eigenvalue weighted by molar-refractivity contribution is 0.360. The Labute approximate surface area is 148 Å². The Kier molecular flexibility index (Phi) is 2.78. The SMILES string of the molecule is CN1c2ccccc2C(C)(C)C12C=Nc1c(ccc3ccccc13)C2. The fourth-order valence-electron chi connectivity index (χ4n) is 4.85. The van der Waals surface area contributed by atoms with Crippen LogP contribution in [0, 0.1) is 0 Å². The molecule has 0 amide bonds. The van der Waals surface area contributed by atoms with E-state index in [0.29, 0.717) is 0 Å². The van der Waals surface area contributed by atoms with Gasteiger partial charge in [0.25, 0.3) is 0 Å². The van der Waals surface area contributed by atoms with Crippen LogP contribution in [-0.4, -0.2) is 18.8 Å². The first-order valence-electron chi connectivity index (χ1n) is 8.94. The minimum atomic E-state index is -0.119. The first-order chi connectivity index (χ1) is 12.0. The van der Waals surface area contributed by atoms with Gasteiger partial charge in [0.2, 0.25) is 0 Å². The van der Waals surface area contributed by atoms with E-state index in [1.165, 1.54) is 27.6 Å². The van der Waals surface area contributed by atoms with Crippen molar-refractivity contribution in [2.24, 2.45) is 4.99 Å². The van der Waals surface area contributed by atoms with Crippen LogP contribution in [0.3, 0.4) is 0 Å². The zero-order valence-electron chi connectivity index (χ0n) is 15.0. The monoisotopic (exact) mass is 326 g/mol. The molecule has 0 radical (unpaired) electrons. The highest BCUT2D eigenvalue weighted by molar-refractivity contribution is 5.99. The van der Waals surface area contributed by atoms with E-state index in [1.807, 2.05) is 0 Å². The first-order valence-corrected chi connectivity index (χ1v) is 8.94. The number of anilines is 1. The van der Waals surface area contributed by atoms with E-state index in [4.69, 9.17) is 4.99 Å². The number of benzene rings is 3. The third kappa shape index (κ3) is 1.72. The summed E-state index contributed by atoms with van der Waals surface area (Å²) in [6, 6.07) is 21.8. The van der Waals surface area contributed by atoms with Gasteiger partial charge in [-0.05, 0) is 22.6 Å². The van der Waals surface area contributed by atoms with Crippen molar-refractivity contribution in [2.45, 2.75) is 31.2 Å². The number of nitrogens with zero attached hydrogens (tertiary/aromatic N) is 2. The highest BCUT2D eigenvalue weighted by Crippen LogP contribution is 2.53. The molecule has 1 spiro atoms. The average Bonchev–Trinajstić information content (AvgIpc) is 2.81. The fourth-order valence-corrected chi connectivity index (χ4v) is 4.85. The second-order valence-corrected chi connectivity index (χ2v) is 7.85. The molecule has 0 N–H and O–H groups in total. The topological polar surface area (TPSA) is 15.6 Å². The third-order valence-corrected chi connectivity index (χ3v) is 6.47. The summed E-state index contributed by atoms with van der Waals surface area (Å²) in [6.45, 7) is 4.71. The fraction of sp³-hybridized carbons (Fsp3) is 0.261. The van der Waals surface area contributed by atoms with Gasteiger partial charge in [-0.1, -0.05) is 68.4 Å². The molecular formula is C23H22N2. The predicted octanol–water partition coefficient (Wildman–Crippen LogP) is 5.26. The maximum Gasteiger partial charge on any atom is 0.0884 e. The van der Waals surface area contributed by atoms with Crippen molar-refractivity contribution in [2.75, 3.05) is 11.9 Å². The first kappa shape index (κ1) is 14.7. The van der Waals surface area contributed by atoms with Crippen LogP contribution in [0.4, 0.5) is 11.4 Å². The second-order valence-electron chi connectivity index (χ2n) is 7.85. The highest BCUT2D eigenvalue weighted by atomic mass is 15.2. The number of fused-ring (bicyclic) bond motifs is 4. The van der Waals surface area contributed by atoms with Crippen molar-refractivity contribution >= 4 is 28.4 Å². The van der Waals surface area contributed by atoms with Crippen molar-refractivity contribution in [1.82, 2.24) is 0 Å². The van der Waals surface area contributed by atoms with Crippen LogP contribution in [0.15, 0.2) is 65.7 Å². The van der Waals surface area contributed by atoms with Crippen molar-refractivity contribution in [1.29, 1.82) is 0 Å². The van der Waals surface area contributed by atoms with Crippen molar-refractivity contribution in [3.63, 3.8) is 0 Å². The number of hydrogen-bond donors (Lipinski definition) is 0. The number of hydrogen-bond acceptors (Lipinski definition) is 2. The van der Waals surface area contributed by atoms with E-state index >= 15 is 0 Å². The standard InChI is InChI=1S/C23H22N2/c1-22(2)19-10-6-7-11-20(19)25(3)23(22)14-17-13-12-16-8-4-5-9-18(16)21(17)24-15-23/h4-13,15H,14H2,1-3H3. The molecule has 0 aromatic heterocycles. The lowest BCUT2D eigenvalue weighted by Crippen LogP contribution is -2.58. The quantitative estimate of drug-likeness (QED) is 0.550. The number of aliphatic imine (C=N–C) groups is 1. The Bertz CT molecular complexity index is 1030. The van der Waals surface area contributed by atoms with Gasteiger partial charge in [-0.3, -0.25) is 4.99 Å². The van der Waals surface area contributed by atoms with Gasteiger partial charge in [0.1, 0.15) is 0 Å². The maximum atomic E-state index is 5.02. The Morgan fingerprint density at radius 3 is 2.52 bits per heavy atom. The summed E-state index contributed by atoms with van der Waals surface area (Å²) in [5, 5.41) is 2.51. The zero-order valence-corrected chi connectivity index (χ0v) is 15.0. The van der Waals surface area contributed by atoms with E-state index in [9.17, 15) is 0 Å². The van der Waals surface area contributed by atoms with Gasteiger partial charge < -0.3 is 4.90 Å². The predicted molar refractivity (Wildman–Crippen MR) is 106 cm³/mol. The van der Waals surface area contributed by atoms with E-state index < -0.39 is 0 Å². The molecule has 2 heteroatoms. The van der Waals surface area contributed by atoms with Crippen molar-refractivity contribution in [3.8, 4) is 0 Å². The molecule has 2 aliphatic rings. The molecule has 2 aliphatic heterocycles. The van der Waals surface area contributed by atoms with Crippen LogP contribution >= 0.6 is 0 Å². The Balaban J connectivity index is 1.72. The maximum absolute atomic E-state index is 5.02. The summed E-state index contributed by atoms with van der Waals surface area (Å²) in [6.07, 6.45) is 3.19. The van der Waals surface area contributed by atoms with E-state index in [0.717, 1.165) is 12.1 Å². The van der Waals surface area contributed by atoms with Gasteiger partial charge >= 0.3 is 0 Å². The number of likely N-dealkylation sites (N-methyl/N-ethyl adjacent to an activating group) is 1. The molecule has 25 heavy (non-hydrogen) atoms. The molecule has 1 unspecified atom stereocenters. The third-order valence-electron chi connectivity index (χ3n) is 6.47. The van der Waals surface area contributed by atoms with Gasteiger partial charge in [-0.25, -0.2) is 0 Å². The molecule has 0 saturated carbocycles. The van der Waals surface area contributed by atoms with Crippen LogP contribution in [-0.2, 0) is 11.8 Å². The molecule has 2 nitrogen and oxygen atoms in total. The zero-order chi connectivity index (χ0) is 17.2. The lowest BCUT2D eigenvalue weighted by Gasteiger charge is -2.45. The van der Waals surface area contributed by atoms with Crippen molar-refractivity contribution in [3.05, 3.63) is 71.8 Å². The van der Waals surface area contributed by atoms with Gasteiger partial charge in [0.15, 0.2) is 0 Å². The Morgan fingerprint density at radius 1 is 0.920 bits per heavy atom. The minimum absolute atomic E-state index is 0.00514. The van der Waals surface area contributed by atoms with E-state index in [2.05, 4.69) is 92.7 Å². The Morgan fingerprint density at radius 2 is 1.68 bits per heavy atom. The highest BCUT2D eigenvalue weighted by Gasteiger charge is 2.55. The van der Waals surface area contributed by atoms with Crippen LogP contribution in [0.5, 0.6) is 0 Å². The summed E-state index contributed by atoms with van der Waals surface area (Å²) in [5.41, 5.74) is 5.10. The summed E-state index contributed by atoms with van der Waals surface area (Å²) in [4.78, 5) is 7.45. The smallest absolute Gasteiger partial charge is 0.0884 e. The van der Waals surface area contributed by atoms with Crippen LogP contribution in [0.1, 0.15) is 25.0 Å². The summed E-state index contributed by atoms with van der Waals surface area (Å²) in [5.74, 6) is 0. The summed E-state index contributed by atoms with van der Waals surface area (Å²) in [7, 11) is 2.21. The molecule has 0 saturated heterocycles. The van der Waals surface area contributed by atoms with Crippen molar-refractivity contribution < 1.29 is 0 Å². The van der Waals surface area contributed by atoms with Gasteiger partial charge in [0.05, 0.1) is 11.2 Å². The molecule has 2 heterocycles. The largest absolute Gasteiger partial charge is 0.362 e. The molecular weight excluding hydrogens is 304 g/mol. The molecule has 0 bridgehead atoms. The van der Waals surface area contributed by atoms with Gasteiger partial charge in [-0.15, -0.1) is 0 Å². The van der Waals surface area contributed by atoms with Crippen LogP contribution in [0.2, 0.25) is 0 Å². The minimum Gasteiger partial charge on any atom is -0.362 e. The summed E-state index contributed by atoms with van der Waals surface area (Å²) >= 11 is 0. The van der Waals surface area contributed by atoms with Gasteiger partial charge in [0, 0.05) is 36.2 Å². The van der Waals surface area contributed by atoms with Crippen LogP contribution in [0.25, 0.3) is 10.8 Å². The molecule has 3 aromatic carbocycles. The molecule has 0 aliphatic carbocycles. The normalized spacial score (nSPS) is 23.1. The molecule has 124 valence electrons. The molecule has 5 rings (SSSR count). The van der Waals surface area contributed by atoms with Gasteiger partial charge in [-0.2, -0.15) is 0 Å². The molecule has 1 atom stereocenters. The van der Waals surface area contributed by atoms with E-state index in [-0.39, 0.29) is 11.0 Å². The number of para-hydroxylation sites is 1. The second kappa shape index (κ2) is 4.72. The summed E-state index contributed by atoms with van der Waals surface area (Å²) < 4.78 is 0. The Hall–Kier alpha value is -2.61. The molecule has 3 aromatic rings. The number of rotatable bonds is 0. The lowest BCUT2D eigenvalue weighted by atomic mass is 9.67. The molecule has 0 fully saturated rings. The average molecular weight is 326 g/mol.